The first kappa shape index (κ1) is 12.3. The van der Waals surface area contributed by atoms with E-state index in [9.17, 15) is 4.39 Å². The van der Waals surface area contributed by atoms with Gasteiger partial charge in [-0.15, -0.1) is 11.6 Å². The zero-order valence-electron chi connectivity index (χ0n) is 9.26. The number of halogens is 2. The minimum Gasteiger partial charge on any atom is -0.369 e. The van der Waals surface area contributed by atoms with Crippen LogP contribution in [0.4, 0.5) is 10.1 Å². The van der Waals surface area contributed by atoms with Gasteiger partial charge in [-0.2, -0.15) is 0 Å². The summed E-state index contributed by atoms with van der Waals surface area (Å²) in [6.45, 7) is 5.78. The van der Waals surface area contributed by atoms with Gasteiger partial charge in [-0.25, -0.2) is 4.39 Å². The fourth-order valence-electron chi connectivity index (χ4n) is 1.72. The van der Waals surface area contributed by atoms with Crippen molar-refractivity contribution in [3.8, 4) is 0 Å². The van der Waals surface area contributed by atoms with Crippen LogP contribution in [0.3, 0.4) is 0 Å². The van der Waals surface area contributed by atoms with Gasteiger partial charge >= 0.3 is 0 Å². The monoisotopic (exact) mass is 229 g/mol. The maximum Gasteiger partial charge on any atom is 0.146 e. The molecule has 0 fully saturated rings. The van der Waals surface area contributed by atoms with Crippen molar-refractivity contribution in [1.29, 1.82) is 0 Å². The molecule has 1 aromatic carbocycles. The Bertz CT molecular complexity index is 314. The molecular weight excluding hydrogens is 213 g/mol. The third kappa shape index (κ3) is 2.85. The van der Waals surface area contributed by atoms with Crippen LogP contribution in [0, 0.1) is 5.82 Å². The first-order valence-electron chi connectivity index (χ1n) is 5.32. The van der Waals surface area contributed by atoms with Crippen molar-refractivity contribution >= 4 is 17.3 Å². The molecule has 1 rings (SSSR count). The van der Waals surface area contributed by atoms with Gasteiger partial charge in [0.1, 0.15) is 5.82 Å². The van der Waals surface area contributed by atoms with Crippen LogP contribution in [-0.4, -0.2) is 13.1 Å². The number of alkyl halides is 1. The Hall–Kier alpha value is -0.760. The maximum absolute atomic E-state index is 13.7. The minimum atomic E-state index is -0.177. The van der Waals surface area contributed by atoms with E-state index >= 15 is 0 Å². The van der Waals surface area contributed by atoms with Gasteiger partial charge in [0.25, 0.3) is 0 Å². The lowest BCUT2D eigenvalue weighted by Crippen LogP contribution is -2.25. The quantitative estimate of drug-likeness (QED) is 0.695. The molecule has 0 amide bonds. The lowest BCUT2D eigenvalue weighted by molar-refractivity contribution is 0.615. The average molecular weight is 230 g/mol. The van der Waals surface area contributed by atoms with Crippen LogP contribution in [0.2, 0.25) is 0 Å². The Balaban J connectivity index is 3.08. The summed E-state index contributed by atoms with van der Waals surface area (Å²) in [4.78, 5) is 2.03. The summed E-state index contributed by atoms with van der Waals surface area (Å²) < 4.78 is 13.7. The molecule has 0 spiro atoms. The van der Waals surface area contributed by atoms with Gasteiger partial charge in [0, 0.05) is 19.0 Å². The smallest absolute Gasteiger partial charge is 0.146 e. The van der Waals surface area contributed by atoms with E-state index in [-0.39, 0.29) is 5.82 Å². The molecule has 84 valence electrons. The number of hydrogen-bond donors (Lipinski definition) is 0. The predicted octanol–water partition coefficient (Wildman–Crippen LogP) is 3.80. The van der Waals surface area contributed by atoms with E-state index in [2.05, 4.69) is 6.92 Å². The van der Waals surface area contributed by atoms with Crippen molar-refractivity contribution in [3.05, 3.63) is 29.6 Å². The fraction of sp³-hybridized carbons (Fsp3) is 0.500. The van der Waals surface area contributed by atoms with E-state index in [4.69, 9.17) is 11.6 Å². The largest absolute Gasteiger partial charge is 0.369 e. The molecule has 0 heterocycles. The van der Waals surface area contributed by atoms with Gasteiger partial charge in [0.2, 0.25) is 0 Å². The zero-order chi connectivity index (χ0) is 11.3. The second-order valence-electron chi connectivity index (χ2n) is 3.46. The summed E-state index contributed by atoms with van der Waals surface area (Å²) in [5, 5.41) is 0. The van der Waals surface area contributed by atoms with E-state index in [1.54, 1.807) is 6.07 Å². The number of benzene rings is 1. The molecule has 1 nitrogen and oxygen atoms in total. The Morgan fingerprint density at radius 3 is 2.60 bits per heavy atom. The van der Waals surface area contributed by atoms with Crippen LogP contribution >= 0.6 is 11.6 Å². The van der Waals surface area contributed by atoms with E-state index in [1.807, 2.05) is 17.9 Å². The van der Waals surface area contributed by atoms with Crippen LogP contribution in [-0.2, 0) is 5.88 Å². The minimum absolute atomic E-state index is 0.177. The molecule has 15 heavy (non-hydrogen) atoms. The predicted molar refractivity (Wildman–Crippen MR) is 64.1 cm³/mol. The van der Waals surface area contributed by atoms with Crippen LogP contribution in [0.5, 0.6) is 0 Å². The molecule has 1 aromatic rings. The third-order valence-electron chi connectivity index (χ3n) is 2.41. The maximum atomic E-state index is 13.7. The molecule has 0 bridgehead atoms. The van der Waals surface area contributed by atoms with Crippen LogP contribution < -0.4 is 4.90 Å². The molecule has 0 aliphatic rings. The van der Waals surface area contributed by atoms with Crippen molar-refractivity contribution in [2.75, 3.05) is 18.0 Å². The SMILES string of the molecule is CCCN(CC)c1c(F)cccc1CCl. The molecule has 0 radical (unpaired) electrons. The number of hydrogen-bond acceptors (Lipinski definition) is 1. The molecule has 0 N–H and O–H groups in total. The molecule has 0 saturated heterocycles. The number of nitrogens with zero attached hydrogens (tertiary/aromatic N) is 1. The standard InChI is InChI=1S/C12H17ClFN/c1-3-8-15(4-2)12-10(9-13)6-5-7-11(12)14/h5-7H,3-4,8-9H2,1-2H3. The van der Waals surface area contributed by atoms with Gasteiger partial charge in [0.15, 0.2) is 0 Å². The van der Waals surface area contributed by atoms with E-state index < -0.39 is 0 Å². The summed E-state index contributed by atoms with van der Waals surface area (Å²) >= 11 is 5.81. The Morgan fingerprint density at radius 2 is 2.07 bits per heavy atom. The van der Waals surface area contributed by atoms with Crippen molar-refractivity contribution in [2.45, 2.75) is 26.1 Å². The Labute approximate surface area is 95.8 Å². The Kier molecular flexibility index (Phi) is 4.89. The second-order valence-corrected chi connectivity index (χ2v) is 3.73. The summed E-state index contributed by atoms with van der Waals surface area (Å²) in [6.07, 6.45) is 1.00. The third-order valence-corrected chi connectivity index (χ3v) is 2.69. The zero-order valence-corrected chi connectivity index (χ0v) is 10.0. The average Bonchev–Trinajstić information content (AvgIpc) is 2.26. The van der Waals surface area contributed by atoms with E-state index in [1.165, 1.54) is 6.07 Å². The van der Waals surface area contributed by atoms with Crippen LogP contribution in [0.25, 0.3) is 0 Å². The number of para-hydroxylation sites is 1. The van der Waals surface area contributed by atoms with Gasteiger partial charge in [-0.3, -0.25) is 0 Å². The highest BCUT2D eigenvalue weighted by molar-refractivity contribution is 6.17. The second kappa shape index (κ2) is 5.96. The number of rotatable bonds is 5. The first-order chi connectivity index (χ1) is 7.24. The van der Waals surface area contributed by atoms with E-state index in [0.717, 1.165) is 25.1 Å². The fourth-order valence-corrected chi connectivity index (χ4v) is 1.94. The summed E-state index contributed by atoms with van der Waals surface area (Å²) in [5.41, 5.74) is 1.53. The van der Waals surface area contributed by atoms with Crippen molar-refractivity contribution in [1.82, 2.24) is 0 Å². The molecule has 0 unspecified atom stereocenters. The normalized spacial score (nSPS) is 10.4. The molecule has 0 atom stereocenters. The Morgan fingerprint density at radius 1 is 1.33 bits per heavy atom. The highest BCUT2D eigenvalue weighted by Gasteiger charge is 2.13. The van der Waals surface area contributed by atoms with Gasteiger partial charge < -0.3 is 4.90 Å². The van der Waals surface area contributed by atoms with Gasteiger partial charge in [-0.1, -0.05) is 19.1 Å². The van der Waals surface area contributed by atoms with Gasteiger partial charge in [-0.05, 0) is 25.0 Å². The summed E-state index contributed by atoms with van der Waals surface area (Å²) in [7, 11) is 0. The molecule has 0 aromatic heterocycles. The molecule has 0 aliphatic heterocycles. The van der Waals surface area contributed by atoms with Crippen molar-refractivity contribution < 1.29 is 4.39 Å². The van der Waals surface area contributed by atoms with E-state index in [0.29, 0.717) is 11.6 Å². The summed E-state index contributed by atoms with van der Waals surface area (Å²) in [5.74, 6) is 0.177. The van der Waals surface area contributed by atoms with Crippen LogP contribution in [0.15, 0.2) is 18.2 Å². The summed E-state index contributed by atoms with van der Waals surface area (Å²) in [6, 6.07) is 5.07. The van der Waals surface area contributed by atoms with Crippen molar-refractivity contribution in [2.24, 2.45) is 0 Å². The highest BCUT2D eigenvalue weighted by Crippen LogP contribution is 2.25. The van der Waals surface area contributed by atoms with Crippen molar-refractivity contribution in [3.63, 3.8) is 0 Å². The molecule has 3 heteroatoms. The first-order valence-corrected chi connectivity index (χ1v) is 5.86. The lowest BCUT2D eigenvalue weighted by Gasteiger charge is -2.25. The highest BCUT2D eigenvalue weighted by atomic mass is 35.5. The van der Waals surface area contributed by atoms with Crippen LogP contribution in [0.1, 0.15) is 25.8 Å². The molecule has 0 aliphatic carbocycles. The lowest BCUT2D eigenvalue weighted by atomic mass is 10.1. The topological polar surface area (TPSA) is 3.24 Å². The molecule has 0 saturated carbocycles. The van der Waals surface area contributed by atoms with Gasteiger partial charge in [0.05, 0.1) is 5.69 Å². The molecular formula is C12H17ClFN. The number of anilines is 1.